The van der Waals surface area contributed by atoms with Crippen LogP contribution in [0.4, 0.5) is 0 Å². The molecular weight excluding hydrogens is 894 g/mol. The maximum absolute atomic E-state index is 12.7. The number of hydrogen-bond donors (Lipinski definition) is 2. The molecule has 0 aliphatic rings. The van der Waals surface area contributed by atoms with E-state index >= 15 is 0 Å². The Morgan fingerprint density at radius 3 is 1.10 bits per heavy atom. The number of allylic oxidation sites excluding steroid dienone is 4. The second kappa shape index (κ2) is 56.8. The summed E-state index contributed by atoms with van der Waals surface area (Å²) in [6.07, 6.45) is 66.9. The van der Waals surface area contributed by atoms with Gasteiger partial charge in [0.25, 0.3) is 0 Å². The van der Waals surface area contributed by atoms with Crippen LogP contribution < -0.4 is 5.73 Å². The van der Waals surface area contributed by atoms with E-state index in [0.717, 1.165) is 57.8 Å². The number of hydrogen-bond acceptors (Lipinski definition) is 8. The first kappa shape index (κ1) is 68.5. The average molecular weight is 1010 g/mol. The molecule has 0 aliphatic heterocycles. The van der Waals surface area contributed by atoms with Crippen molar-refractivity contribution in [3.63, 3.8) is 0 Å². The molecule has 0 aromatic rings. The van der Waals surface area contributed by atoms with Crippen LogP contribution in [0.3, 0.4) is 0 Å². The SMILES string of the molecule is CCCCCC/C=C\C/C=C\CCCCCCCC(=O)OC(COC(=O)CCCCCCCCCCCCCCCCCCCCCCCCCCCCCCCCCCC)COP(=O)(O)OCCN. The molecule has 0 bridgehead atoms. The van der Waals surface area contributed by atoms with Gasteiger partial charge in [-0.2, -0.15) is 0 Å². The van der Waals surface area contributed by atoms with Crippen LogP contribution in [-0.2, 0) is 32.7 Å². The van der Waals surface area contributed by atoms with Crippen LogP contribution in [0.15, 0.2) is 24.3 Å². The van der Waals surface area contributed by atoms with Gasteiger partial charge in [0.2, 0.25) is 0 Å². The molecule has 9 nitrogen and oxygen atoms in total. The van der Waals surface area contributed by atoms with Gasteiger partial charge in [-0.3, -0.25) is 18.6 Å². The second-order valence-electron chi connectivity index (χ2n) is 20.6. The molecule has 0 radical (unpaired) electrons. The average Bonchev–Trinajstić information content (AvgIpc) is 3.35. The fourth-order valence-electron chi connectivity index (χ4n) is 9.08. The van der Waals surface area contributed by atoms with Crippen molar-refractivity contribution < 1.29 is 37.6 Å². The van der Waals surface area contributed by atoms with E-state index in [1.807, 2.05) is 0 Å². The van der Waals surface area contributed by atoms with E-state index in [1.165, 1.54) is 225 Å². The molecule has 2 unspecified atom stereocenters. The highest BCUT2D eigenvalue weighted by molar-refractivity contribution is 7.47. The summed E-state index contributed by atoms with van der Waals surface area (Å²) in [4.78, 5) is 35.1. The number of phosphoric ester groups is 1. The first-order chi connectivity index (χ1) is 34.3. The van der Waals surface area contributed by atoms with Crippen molar-refractivity contribution in [1.29, 1.82) is 0 Å². The van der Waals surface area contributed by atoms with Crippen LogP contribution in [0.1, 0.15) is 316 Å². The molecule has 0 amide bonds. The Labute approximate surface area is 433 Å². The zero-order valence-electron chi connectivity index (χ0n) is 46.3. The van der Waals surface area contributed by atoms with Gasteiger partial charge >= 0.3 is 19.8 Å². The molecule has 70 heavy (non-hydrogen) atoms. The lowest BCUT2D eigenvalue weighted by molar-refractivity contribution is -0.161. The quantitative estimate of drug-likeness (QED) is 0.0264. The van der Waals surface area contributed by atoms with Gasteiger partial charge in [-0.25, -0.2) is 4.57 Å². The van der Waals surface area contributed by atoms with Crippen molar-refractivity contribution in [2.24, 2.45) is 5.73 Å². The van der Waals surface area contributed by atoms with Crippen LogP contribution in [0.25, 0.3) is 0 Å². The molecule has 10 heteroatoms. The van der Waals surface area contributed by atoms with Gasteiger partial charge in [0.05, 0.1) is 13.2 Å². The van der Waals surface area contributed by atoms with Gasteiger partial charge in [-0.1, -0.05) is 282 Å². The summed E-state index contributed by atoms with van der Waals surface area (Å²) in [5, 5.41) is 0. The molecule has 0 fully saturated rings. The fraction of sp³-hybridized carbons (Fsp3) is 0.900. The Hall–Kier alpha value is -1.51. The standard InChI is InChI=1S/C60H116NO8P/c1-3-5-7-9-11-13-15-17-19-21-22-23-24-25-26-27-28-29-30-31-32-33-34-35-36-37-39-40-42-44-46-48-50-52-59(62)66-56-58(57-68-70(64,65)67-55-54-61)69-60(63)53-51-49-47-45-43-41-38-20-18-16-14-12-10-8-6-4-2/h14,16,20,38,58H,3-13,15,17-19,21-37,39-57,61H2,1-2H3,(H,64,65)/b16-14-,38-20-. The molecule has 0 aromatic carbocycles. The van der Waals surface area contributed by atoms with Crippen LogP contribution >= 0.6 is 7.82 Å². The Kier molecular flexibility index (Phi) is 55.6. The first-order valence-corrected chi connectivity index (χ1v) is 31.8. The number of phosphoric acid groups is 1. The Morgan fingerprint density at radius 2 is 0.743 bits per heavy atom. The van der Waals surface area contributed by atoms with Crippen LogP contribution in [0.5, 0.6) is 0 Å². The Balaban J connectivity index is 3.81. The van der Waals surface area contributed by atoms with E-state index in [2.05, 4.69) is 38.2 Å². The molecule has 414 valence electrons. The molecule has 0 aromatic heterocycles. The largest absolute Gasteiger partial charge is 0.472 e. The molecule has 3 N–H and O–H groups in total. The van der Waals surface area contributed by atoms with E-state index < -0.39 is 26.5 Å². The zero-order valence-corrected chi connectivity index (χ0v) is 47.2. The van der Waals surface area contributed by atoms with E-state index in [0.29, 0.717) is 6.42 Å². The molecule has 2 atom stereocenters. The lowest BCUT2D eigenvalue weighted by atomic mass is 10.0. The number of ether oxygens (including phenoxy) is 2. The minimum Gasteiger partial charge on any atom is -0.462 e. The van der Waals surface area contributed by atoms with Crippen LogP contribution in [0, 0.1) is 0 Å². The van der Waals surface area contributed by atoms with Crippen LogP contribution in [0.2, 0.25) is 0 Å². The summed E-state index contributed by atoms with van der Waals surface area (Å²) in [5.41, 5.74) is 5.38. The molecule has 0 heterocycles. The smallest absolute Gasteiger partial charge is 0.462 e. The summed E-state index contributed by atoms with van der Waals surface area (Å²) in [7, 11) is -4.39. The number of carbonyl (C=O) groups is 2. The third-order valence-corrected chi connectivity index (χ3v) is 14.6. The van der Waals surface area contributed by atoms with Crippen molar-refractivity contribution >= 4 is 19.8 Å². The molecule has 0 aliphatic carbocycles. The molecule has 0 saturated carbocycles. The molecular formula is C60H116NO8P. The fourth-order valence-corrected chi connectivity index (χ4v) is 9.85. The van der Waals surface area contributed by atoms with E-state index in [-0.39, 0.29) is 38.6 Å². The third kappa shape index (κ3) is 55.8. The third-order valence-electron chi connectivity index (χ3n) is 13.6. The van der Waals surface area contributed by atoms with Crippen molar-refractivity contribution in [3.05, 3.63) is 24.3 Å². The van der Waals surface area contributed by atoms with Crippen LogP contribution in [-0.4, -0.2) is 49.3 Å². The number of unbranched alkanes of at least 4 members (excludes halogenated alkanes) is 41. The topological polar surface area (TPSA) is 134 Å². The number of esters is 2. The zero-order chi connectivity index (χ0) is 51.0. The number of carbonyl (C=O) groups excluding carboxylic acids is 2. The highest BCUT2D eigenvalue weighted by Crippen LogP contribution is 2.43. The monoisotopic (exact) mass is 1010 g/mol. The summed E-state index contributed by atoms with van der Waals surface area (Å²) in [6.45, 7) is 3.76. The first-order valence-electron chi connectivity index (χ1n) is 30.3. The summed E-state index contributed by atoms with van der Waals surface area (Å²) in [6, 6.07) is 0. The summed E-state index contributed by atoms with van der Waals surface area (Å²) in [5.74, 6) is -0.828. The van der Waals surface area contributed by atoms with Gasteiger partial charge in [-0.15, -0.1) is 0 Å². The minimum atomic E-state index is -4.39. The van der Waals surface area contributed by atoms with E-state index in [1.54, 1.807) is 0 Å². The predicted octanol–water partition coefficient (Wildman–Crippen LogP) is 19.0. The lowest BCUT2D eigenvalue weighted by Gasteiger charge is -2.19. The van der Waals surface area contributed by atoms with Gasteiger partial charge in [0, 0.05) is 19.4 Å². The summed E-state index contributed by atoms with van der Waals surface area (Å²) < 4.78 is 33.0. The lowest BCUT2D eigenvalue weighted by Crippen LogP contribution is -2.29. The highest BCUT2D eigenvalue weighted by Gasteiger charge is 2.26. The van der Waals surface area contributed by atoms with Gasteiger partial charge in [0.1, 0.15) is 6.61 Å². The Morgan fingerprint density at radius 1 is 0.429 bits per heavy atom. The predicted molar refractivity (Wildman–Crippen MR) is 298 cm³/mol. The van der Waals surface area contributed by atoms with Gasteiger partial charge < -0.3 is 20.1 Å². The molecule has 0 spiro atoms. The van der Waals surface area contributed by atoms with Crippen molar-refractivity contribution in [2.75, 3.05) is 26.4 Å². The van der Waals surface area contributed by atoms with E-state index in [9.17, 15) is 19.0 Å². The summed E-state index contributed by atoms with van der Waals surface area (Å²) >= 11 is 0. The maximum atomic E-state index is 12.7. The molecule has 0 saturated heterocycles. The van der Waals surface area contributed by atoms with Crippen molar-refractivity contribution in [1.82, 2.24) is 0 Å². The van der Waals surface area contributed by atoms with Crippen molar-refractivity contribution in [2.45, 2.75) is 322 Å². The van der Waals surface area contributed by atoms with Gasteiger partial charge in [0.15, 0.2) is 6.10 Å². The normalized spacial score (nSPS) is 13.1. The Bertz CT molecular complexity index is 1200. The molecule has 0 rings (SSSR count). The number of nitrogens with two attached hydrogens (primary N) is 1. The number of rotatable bonds is 58. The maximum Gasteiger partial charge on any atom is 0.472 e. The highest BCUT2D eigenvalue weighted by atomic mass is 31.2. The second-order valence-corrected chi connectivity index (χ2v) is 22.0. The van der Waals surface area contributed by atoms with Gasteiger partial charge in [-0.05, 0) is 44.9 Å². The minimum absolute atomic E-state index is 0.0529. The van der Waals surface area contributed by atoms with E-state index in [4.69, 9.17) is 24.3 Å². The van der Waals surface area contributed by atoms with Crippen molar-refractivity contribution in [3.8, 4) is 0 Å².